The number of nitrogens with zero attached hydrogens (tertiary/aromatic N) is 5. The van der Waals surface area contributed by atoms with E-state index in [2.05, 4.69) is 12.1 Å². The van der Waals surface area contributed by atoms with Gasteiger partial charge in [-0.3, -0.25) is 14.5 Å². The number of carbonyl (C=O) groups is 2. The minimum absolute atomic E-state index is 0.0338. The maximum Gasteiger partial charge on any atom is 0.276 e. The zero-order valence-corrected chi connectivity index (χ0v) is 16.1. The fourth-order valence-electron chi connectivity index (χ4n) is 3.95. The molecule has 2 aromatic rings. The van der Waals surface area contributed by atoms with Crippen LogP contribution in [0.15, 0.2) is 10.6 Å². The number of anilines is 1. The molecule has 1 fully saturated rings. The summed E-state index contributed by atoms with van der Waals surface area (Å²) >= 11 is 0. The van der Waals surface area contributed by atoms with Gasteiger partial charge in [-0.1, -0.05) is 12.1 Å². The van der Waals surface area contributed by atoms with E-state index < -0.39 is 0 Å². The van der Waals surface area contributed by atoms with Crippen molar-refractivity contribution in [2.45, 2.75) is 45.4 Å². The molecule has 142 valence electrons. The molecular weight excluding hydrogens is 346 g/mol. The van der Waals surface area contributed by atoms with Crippen molar-refractivity contribution >= 4 is 17.6 Å². The largest absolute Gasteiger partial charge is 0.361 e. The van der Waals surface area contributed by atoms with Crippen molar-refractivity contribution in [1.82, 2.24) is 20.0 Å². The second-order valence-corrected chi connectivity index (χ2v) is 7.78. The Bertz CT molecular complexity index is 937. The average molecular weight is 369 g/mol. The molecule has 2 aliphatic rings. The Morgan fingerprint density at radius 3 is 2.78 bits per heavy atom. The van der Waals surface area contributed by atoms with E-state index in [-0.39, 0.29) is 17.2 Å². The lowest BCUT2D eigenvalue weighted by molar-refractivity contribution is -0.117. The van der Waals surface area contributed by atoms with Gasteiger partial charge in [0, 0.05) is 42.9 Å². The molecule has 4 rings (SSSR count). The molecule has 27 heavy (non-hydrogen) atoms. The number of likely N-dealkylation sites (tertiary alicyclic amines) is 1. The first-order valence-electron chi connectivity index (χ1n) is 9.16. The average Bonchev–Trinajstić information content (AvgIpc) is 3.19. The highest BCUT2D eigenvalue weighted by Crippen LogP contribution is 2.36. The van der Waals surface area contributed by atoms with Gasteiger partial charge in [-0.2, -0.15) is 0 Å². The zero-order chi connectivity index (χ0) is 19.3. The van der Waals surface area contributed by atoms with Crippen molar-refractivity contribution in [2.75, 3.05) is 25.0 Å². The molecule has 0 bridgehead atoms. The minimum Gasteiger partial charge on any atom is -0.361 e. The number of piperidine rings is 1. The Kier molecular flexibility index (Phi) is 4.01. The van der Waals surface area contributed by atoms with E-state index in [4.69, 9.17) is 14.5 Å². The van der Waals surface area contributed by atoms with Crippen molar-refractivity contribution in [3.63, 3.8) is 0 Å². The van der Waals surface area contributed by atoms with E-state index in [1.54, 1.807) is 29.8 Å². The van der Waals surface area contributed by atoms with Crippen molar-refractivity contribution in [2.24, 2.45) is 0 Å². The Hall–Kier alpha value is -2.77. The molecule has 2 aliphatic heterocycles. The highest BCUT2D eigenvalue weighted by Gasteiger charge is 2.40. The molecule has 0 saturated carbocycles. The van der Waals surface area contributed by atoms with Crippen LogP contribution < -0.4 is 4.90 Å². The summed E-state index contributed by atoms with van der Waals surface area (Å²) in [6.45, 7) is 6.95. The molecule has 0 aromatic carbocycles. The number of aromatic nitrogens is 3. The van der Waals surface area contributed by atoms with Gasteiger partial charge in [0.1, 0.15) is 17.4 Å². The Morgan fingerprint density at radius 2 is 2.07 bits per heavy atom. The van der Waals surface area contributed by atoms with E-state index in [1.165, 1.54) is 0 Å². The standard InChI is InChI=1S/C19H23N5O3/c1-11-8-14(22-27-11)17(26)24-7-5-6-19(3,10-24)18-20-12(2)13-9-15(25)23(4)16(13)21-18/h8H,5-7,9-10H2,1-4H3/t19-/m1/s1. The SMILES string of the molecule is Cc1cc(C(=O)N2CCC[C@@](C)(c3nc(C)c4c(n3)N(C)C(=O)C4)C2)no1. The van der Waals surface area contributed by atoms with Crippen molar-refractivity contribution in [3.05, 3.63) is 34.6 Å². The van der Waals surface area contributed by atoms with Gasteiger partial charge >= 0.3 is 0 Å². The van der Waals surface area contributed by atoms with Crippen molar-refractivity contribution < 1.29 is 14.1 Å². The number of hydrogen-bond acceptors (Lipinski definition) is 6. The first kappa shape index (κ1) is 17.6. The monoisotopic (exact) mass is 369 g/mol. The van der Waals surface area contributed by atoms with E-state index in [1.807, 2.05) is 6.92 Å². The van der Waals surface area contributed by atoms with E-state index in [0.717, 1.165) is 24.1 Å². The lowest BCUT2D eigenvalue weighted by Crippen LogP contribution is -2.48. The van der Waals surface area contributed by atoms with Gasteiger partial charge in [-0.15, -0.1) is 0 Å². The predicted octanol–water partition coefficient (Wildman–Crippen LogP) is 1.79. The van der Waals surface area contributed by atoms with Gasteiger partial charge in [-0.05, 0) is 26.7 Å². The number of likely N-dealkylation sites (N-methyl/N-ethyl adjacent to an activating group) is 1. The van der Waals surface area contributed by atoms with Crippen LogP contribution in [0.3, 0.4) is 0 Å². The molecule has 0 N–H and O–H groups in total. The van der Waals surface area contributed by atoms with Gasteiger partial charge in [0.05, 0.1) is 6.42 Å². The summed E-state index contributed by atoms with van der Waals surface area (Å²) in [6.07, 6.45) is 2.09. The lowest BCUT2D eigenvalue weighted by Gasteiger charge is -2.39. The summed E-state index contributed by atoms with van der Waals surface area (Å²) in [5.74, 6) is 1.89. The third kappa shape index (κ3) is 2.89. The summed E-state index contributed by atoms with van der Waals surface area (Å²) in [5, 5.41) is 3.85. The van der Waals surface area contributed by atoms with Gasteiger partial charge in [0.25, 0.3) is 5.91 Å². The molecule has 4 heterocycles. The molecular formula is C19H23N5O3. The second-order valence-electron chi connectivity index (χ2n) is 7.78. The summed E-state index contributed by atoms with van der Waals surface area (Å²) in [5.41, 5.74) is 1.69. The number of rotatable bonds is 2. The fraction of sp³-hybridized carbons (Fsp3) is 0.526. The Balaban J connectivity index is 1.64. The molecule has 8 nitrogen and oxygen atoms in total. The Labute approximate surface area is 157 Å². The first-order valence-corrected chi connectivity index (χ1v) is 9.16. The topological polar surface area (TPSA) is 92.4 Å². The van der Waals surface area contributed by atoms with Crippen LogP contribution in [0.4, 0.5) is 5.82 Å². The smallest absolute Gasteiger partial charge is 0.276 e. The maximum atomic E-state index is 12.8. The molecule has 1 saturated heterocycles. The maximum absolute atomic E-state index is 12.8. The molecule has 1 atom stereocenters. The van der Waals surface area contributed by atoms with Gasteiger partial charge in [0.2, 0.25) is 5.91 Å². The number of fused-ring (bicyclic) bond motifs is 1. The molecule has 2 aromatic heterocycles. The zero-order valence-electron chi connectivity index (χ0n) is 16.1. The lowest BCUT2D eigenvalue weighted by atomic mass is 9.80. The number of aryl methyl sites for hydroxylation is 2. The number of amides is 2. The minimum atomic E-state index is -0.376. The van der Waals surface area contributed by atoms with E-state index in [9.17, 15) is 9.59 Å². The predicted molar refractivity (Wildman–Crippen MR) is 97.6 cm³/mol. The highest BCUT2D eigenvalue weighted by molar-refractivity contribution is 6.00. The summed E-state index contributed by atoms with van der Waals surface area (Å²) in [4.78, 5) is 37.7. The number of hydrogen-bond donors (Lipinski definition) is 0. The van der Waals surface area contributed by atoms with Crippen LogP contribution >= 0.6 is 0 Å². The van der Waals surface area contributed by atoms with Crippen LogP contribution in [0, 0.1) is 13.8 Å². The summed E-state index contributed by atoms with van der Waals surface area (Å²) in [7, 11) is 1.75. The second kappa shape index (κ2) is 6.14. The van der Waals surface area contributed by atoms with E-state index in [0.29, 0.717) is 42.6 Å². The van der Waals surface area contributed by atoms with E-state index >= 15 is 0 Å². The van der Waals surface area contributed by atoms with Crippen molar-refractivity contribution in [3.8, 4) is 0 Å². The first-order chi connectivity index (χ1) is 12.8. The molecule has 2 amide bonds. The quantitative estimate of drug-likeness (QED) is 0.801. The molecule has 0 unspecified atom stereocenters. The van der Waals surface area contributed by atoms with Gasteiger partial charge in [0.15, 0.2) is 5.69 Å². The molecule has 0 spiro atoms. The van der Waals surface area contributed by atoms with Crippen LogP contribution in [0.5, 0.6) is 0 Å². The number of carbonyl (C=O) groups excluding carboxylic acids is 2. The van der Waals surface area contributed by atoms with Gasteiger partial charge < -0.3 is 9.42 Å². The summed E-state index contributed by atoms with van der Waals surface area (Å²) < 4.78 is 5.04. The van der Waals surface area contributed by atoms with Crippen LogP contribution in [-0.2, 0) is 16.6 Å². The summed E-state index contributed by atoms with van der Waals surface area (Å²) in [6, 6.07) is 1.66. The highest BCUT2D eigenvalue weighted by atomic mass is 16.5. The van der Waals surface area contributed by atoms with Gasteiger partial charge in [-0.25, -0.2) is 9.97 Å². The van der Waals surface area contributed by atoms with Crippen LogP contribution in [0.2, 0.25) is 0 Å². The normalized spacial score (nSPS) is 22.3. The van der Waals surface area contributed by atoms with Crippen LogP contribution in [-0.4, -0.2) is 52.0 Å². The third-order valence-corrected chi connectivity index (χ3v) is 5.58. The molecule has 8 heteroatoms. The van der Waals surface area contributed by atoms with Crippen LogP contribution in [0.25, 0.3) is 0 Å². The fourth-order valence-corrected chi connectivity index (χ4v) is 3.95. The Morgan fingerprint density at radius 1 is 1.30 bits per heavy atom. The van der Waals surface area contributed by atoms with Crippen molar-refractivity contribution in [1.29, 1.82) is 0 Å². The third-order valence-electron chi connectivity index (χ3n) is 5.58. The van der Waals surface area contributed by atoms with Crippen LogP contribution in [0.1, 0.15) is 53.1 Å². The molecule has 0 radical (unpaired) electrons. The molecule has 0 aliphatic carbocycles.